The van der Waals surface area contributed by atoms with E-state index in [2.05, 4.69) is 38.7 Å². The Hall–Kier alpha value is -2.40. The van der Waals surface area contributed by atoms with Gasteiger partial charge < -0.3 is 9.88 Å². The SMILES string of the molecule is Cc1ccc(Cl)cc1-c1cncnc1N1CCC(c2nc[nH]c2C)CC1. The van der Waals surface area contributed by atoms with Gasteiger partial charge in [0.25, 0.3) is 0 Å². The highest BCUT2D eigenvalue weighted by Crippen LogP contribution is 2.36. The van der Waals surface area contributed by atoms with Gasteiger partial charge in [0, 0.05) is 41.5 Å². The number of H-pyrrole nitrogens is 1. The number of halogens is 1. The second kappa shape index (κ2) is 7.08. The summed E-state index contributed by atoms with van der Waals surface area (Å²) in [6, 6.07) is 5.96. The largest absolute Gasteiger partial charge is 0.356 e. The van der Waals surface area contributed by atoms with Crippen LogP contribution in [0.25, 0.3) is 11.1 Å². The zero-order valence-electron chi connectivity index (χ0n) is 15.0. The summed E-state index contributed by atoms with van der Waals surface area (Å²) >= 11 is 6.23. The predicted molar refractivity (Wildman–Crippen MR) is 105 cm³/mol. The molecule has 0 unspecified atom stereocenters. The van der Waals surface area contributed by atoms with Gasteiger partial charge in [-0.1, -0.05) is 17.7 Å². The Morgan fingerprint density at radius 3 is 2.65 bits per heavy atom. The summed E-state index contributed by atoms with van der Waals surface area (Å²) in [5.74, 6) is 1.50. The Bertz CT molecular complexity index is 912. The molecule has 0 aliphatic carbocycles. The van der Waals surface area contributed by atoms with Crippen molar-refractivity contribution in [3.05, 3.63) is 59.0 Å². The van der Waals surface area contributed by atoms with Crippen LogP contribution in [0.2, 0.25) is 5.02 Å². The molecule has 1 N–H and O–H groups in total. The van der Waals surface area contributed by atoms with Crippen LogP contribution in [0.3, 0.4) is 0 Å². The zero-order valence-corrected chi connectivity index (χ0v) is 15.8. The highest BCUT2D eigenvalue weighted by atomic mass is 35.5. The number of piperidine rings is 1. The molecule has 5 nitrogen and oxygen atoms in total. The molecule has 26 heavy (non-hydrogen) atoms. The maximum Gasteiger partial charge on any atom is 0.139 e. The molecule has 0 spiro atoms. The lowest BCUT2D eigenvalue weighted by molar-refractivity contribution is 0.493. The minimum atomic E-state index is 0.510. The minimum absolute atomic E-state index is 0.510. The summed E-state index contributed by atoms with van der Waals surface area (Å²) in [5, 5.41) is 0.730. The molecule has 0 amide bonds. The van der Waals surface area contributed by atoms with Gasteiger partial charge in [0.1, 0.15) is 12.1 Å². The van der Waals surface area contributed by atoms with Gasteiger partial charge in [-0.15, -0.1) is 0 Å². The number of anilines is 1. The molecule has 1 aromatic carbocycles. The summed E-state index contributed by atoms with van der Waals surface area (Å²) < 4.78 is 0. The van der Waals surface area contributed by atoms with E-state index < -0.39 is 0 Å². The van der Waals surface area contributed by atoms with Gasteiger partial charge in [-0.25, -0.2) is 15.0 Å². The minimum Gasteiger partial charge on any atom is -0.356 e. The van der Waals surface area contributed by atoms with Crippen LogP contribution in [0.5, 0.6) is 0 Å². The smallest absolute Gasteiger partial charge is 0.139 e. The summed E-state index contributed by atoms with van der Waals surface area (Å²) in [7, 11) is 0. The molecule has 2 aromatic heterocycles. The summed E-state index contributed by atoms with van der Waals surface area (Å²) in [5.41, 5.74) is 5.70. The van der Waals surface area contributed by atoms with Crippen molar-refractivity contribution in [3.8, 4) is 11.1 Å². The molecule has 1 aliphatic heterocycles. The van der Waals surface area contributed by atoms with Crippen LogP contribution in [0.15, 0.2) is 37.1 Å². The lowest BCUT2D eigenvalue weighted by atomic mass is 9.92. The van der Waals surface area contributed by atoms with Gasteiger partial charge in [-0.3, -0.25) is 0 Å². The Labute approximate surface area is 158 Å². The molecule has 1 saturated heterocycles. The lowest BCUT2D eigenvalue weighted by Crippen LogP contribution is -2.34. The van der Waals surface area contributed by atoms with Gasteiger partial charge in [0.15, 0.2) is 0 Å². The normalized spacial score (nSPS) is 15.4. The fourth-order valence-electron chi connectivity index (χ4n) is 3.80. The van der Waals surface area contributed by atoms with E-state index in [4.69, 9.17) is 11.6 Å². The number of nitrogens with zero attached hydrogens (tertiary/aromatic N) is 4. The molecule has 134 valence electrons. The highest BCUT2D eigenvalue weighted by Gasteiger charge is 2.25. The number of nitrogens with one attached hydrogen (secondary N) is 1. The third kappa shape index (κ3) is 3.19. The molecule has 1 fully saturated rings. The van der Waals surface area contributed by atoms with Crippen LogP contribution >= 0.6 is 11.6 Å². The fourth-order valence-corrected chi connectivity index (χ4v) is 3.97. The maximum absolute atomic E-state index is 6.23. The van der Waals surface area contributed by atoms with Crippen molar-refractivity contribution in [3.63, 3.8) is 0 Å². The van der Waals surface area contributed by atoms with Crippen molar-refractivity contribution >= 4 is 17.4 Å². The lowest BCUT2D eigenvalue weighted by Gasteiger charge is -2.33. The van der Waals surface area contributed by atoms with Crippen LogP contribution in [0, 0.1) is 13.8 Å². The van der Waals surface area contributed by atoms with Gasteiger partial charge in [-0.2, -0.15) is 0 Å². The van der Waals surface area contributed by atoms with Crippen LogP contribution < -0.4 is 4.90 Å². The monoisotopic (exact) mass is 367 g/mol. The molecular weight excluding hydrogens is 346 g/mol. The zero-order chi connectivity index (χ0) is 18.1. The number of aryl methyl sites for hydroxylation is 2. The second-order valence-corrected chi connectivity index (χ2v) is 7.33. The molecular formula is C20H22ClN5. The molecule has 0 atom stereocenters. The number of hydrogen-bond acceptors (Lipinski definition) is 4. The first kappa shape index (κ1) is 17.0. The average molecular weight is 368 g/mol. The average Bonchev–Trinajstić information content (AvgIpc) is 3.10. The van der Waals surface area contributed by atoms with E-state index in [0.717, 1.165) is 47.9 Å². The molecule has 0 saturated carbocycles. The van der Waals surface area contributed by atoms with Gasteiger partial charge in [0.05, 0.1) is 12.0 Å². The predicted octanol–water partition coefficient (Wildman–Crippen LogP) is 4.52. The van der Waals surface area contributed by atoms with Gasteiger partial charge >= 0.3 is 0 Å². The third-order valence-corrected chi connectivity index (χ3v) is 5.47. The van der Waals surface area contributed by atoms with Crippen molar-refractivity contribution in [2.24, 2.45) is 0 Å². The molecule has 6 heteroatoms. The fraction of sp³-hybridized carbons (Fsp3) is 0.350. The Kier molecular flexibility index (Phi) is 4.64. The topological polar surface area (TPSA) is 57.7 Å². The van der Waals surface area contributed by atoms with Crippen LogP contribution in [-0.2, 0) is 0 Å². The Balaban J connectivity index is 1.60. The molecule has 0 bridgehead atoms. The molecule has 0 radical (unpaired) electrons. The first-order valence-corrected chi connectivity index (χ1v) is 9.32. The van der Waals surface area contributed by atoms with E-state index >= 15 is 0 Å². The van der Waals surface area contributed by atoms with Crippen molar-refractivity contribution < 1.29 is 0 Å². The first-order chi connectivity index (χ1) is 12.6. The Morgan fingerprint density at radius 1 is 1.12 bits per heavy atom. The summed E-state index contributed by atoms with van der Waals surface area (Å²) in [4.78, 5) is 18.9. The third-order valence-electron chi connectivity index (χ3n) is 5.23. The van der Waals surface area contributed by atoms with E-state index in [0.29, 0.717) is 5.92 Å². The molecule has 1 aliphatic rings. The summed E-state index contributed by atoms with van der Waals surface area (Å²) in [6.45, 7) is 6.11. The number of aromatic amines is 1. The number of aromatic nitrogens is 4. The second-order valence-electron chi connectivity index (χ2n) is 6.89. The van der Waals surface area contributed by atoms with E-state index in [1.165, 1.54) is 17.0 Å². The quantitative estimate of drug-likeness (QED) is 0.739. The number of benzene rings is 1. The maximum atomic E-state index is 6.23. The van der Waals surface area contributed by atoms with Crippen LogP contribution in [0.1, 0.15) is 35.7 Å². The van der Waals surface area contributed by atoms with Crippen molar-refractivity contribution in [1.82, 2.24) is 19.9 Å². The van der Waals surface area contributed by atoms with Gasteiger partial charge in [0.2, 0.25) is 0 Å². The van der Waals surface area contributed by atoms with Crippen molar-refractivity contribution in [2.75, 3.05) is 18.0 Å². The molecule has 4 rings (SSSR count). The van der Waals surface area contributed by atoms with E-state index in [9.17, 15) is 0 Å². The standard InChI is InChI=1S/C20H22ClN5/c1-13-3-4-16(21)9-17(13)18-10-22-11-25-20(18)26-7-5-15(6-8-26)19-14(2)23-12-24-19/h3-4,9-12,15H,5-8H2,1-2H3,(H,23,24). The number of hydrogen-bond donors (Lipinski definition) is 1. The van der Waals surface area contributed by atoms with E-state index in [1.54, 1.807) is 12.7 Å². The summed E-state index contributed by atoms with van der Waals surface area (Å²) in [6.07, 6.45) is 7.46. The molecule has 3 aromatic rings. The van der Waals surface area contributed by atoms with Gasteiger partial charge in [-0.05, 0) is 49.9 Å². The van der Waals surface area contributed by atoms with Crippen LogP contribution in [-0.4, -0.2) is 33.0 Å². The van der Waals surface area contributed by atoms with Crippen LogP contribution in [0.4, 0.5) is 5.82 Å². The van der Waals surface area contributed by atoms with Crippen molar-refractivity contribution in [2.45, 2.75) is 32.6 Å². The highest BCUT2D eigenvalue weighted by molar-refractivity contribution is 6.30. The Morgan fingerprint density at radius 2 is 1.92 bits per heavy atom. The van der Waals surface area contributed by atoms with Crippen molar-refractivity contribution in [1.29, 1.82) is 0 Å². The van der Waals surface area contributed by atoms with E-state index in [1.807, 2.05) is 24.4 Å². The first-order valence-electron chi connectivity index (χ1n) is 8.95. The number of rotatable bonds is 3. The van der Waals surface area contributed by atoms with E-state index in [-0.39, 0.29) is 0 Å². The number of imidazole rings is 1. The molecule has 3 heterocycles.